The van der Waals surface area contributed by atoms with E-state index in [1.807, 2.05) is 4.72 Å². The summed E-state index contributed by atoms with van der Waals surface area (Å²) in [4.78, 5) is 0. The Balaban J connectivity index is 3.18. The number of halogens is 5. The van der Waals surface area contributed by atoms with Crippen molar-refractivity contribution in [1.29, 1.82) is 0 Å². The fraction of sp³-hybridized carbons (Fsp3) is 0.500. The summed E-state index contributed by atoms with van der Waals surface area (Å²) in [6, 6.07) is 0.934. The number of alkyl halides is 3. The zero-order valence-electron chi connectivity index (χ0n) is 11.0. The van der Waals surface area contributed by atoms with Crippen LogP contribution in [0.2, 0.25) is 5.02 Å². The molecular weight excluding hydrogens is 318 g/mol. The molecule has 0 aliphatic rings. The lowest BCUT2D eigenvalue weighted by molar-refractivity contribution is -0.153. The second-order valence-corrected chi connectivity index (χ2v) is 7.52. The van der Waals surface area contributed by atoms with Crippen LogP contribution >= 0.6 is 11.6 Å². The van der Waals surface area contributed by atoms with E-state index in [9.17, 15) is 22.1 Å². The van der Waals surface area contributed by atoms with Crippen molar-refractivity contribution in [2.24, 2.45) is 0 Å². The first-order chi connectivity index (χ1) is 8.94. The molecule has 0 aliphatic heterocycles. The summed E-state index contributed by atoms with van der Waals surface area (Å²) in [7, 11) is 0. The first kappa shape index (κ1) is 17.6. The van der Waals surface area contributed by atoms with E-state index in [2.05, 4.69) is 0 Å². The summed E-state index contributed by atoms with van der Waals surface area (Å²) in [5, 5.41) is -0.417. The third-order valence-corrected chi connectivity index (χ3v) is 4.25. The van der Waals surface area contributed by atoms with Gasteiger partial charge >= 0.3 is 6.18 Å². The van der Waals surface area contributed by atoms with Gasteiger partial charge in [-0.15, -0.1) is 4.72 Å². The van der Waals surface area contributed by atoms with Crippen LogP contribution in [0.3, 0.4) is 0 Å². The summed E-state index contributed by atoms with van der Waals surface area (Å²) in [6.07, 6.45) is -4.80. The Hall–Kier alpha value is -0.500. The van der Waals surface area contributed by atoms with E-state index >= 15 is 0 Å². The summed E-state index contributed by atoms with van der Waals surface area (Å²) in [5.41, 5.74) is -0.678. The van der Waals surface area contributed by atoms with Crippen LogP contribution in [0.25, 0.3) is 0 Å². The number of hydrogen-bond acceptors (Lipinski definition) is 2. The topological polar surface area (TPSA) is 35.1 Å². The van der Waals surface area contributed by atoms with Crippen molar-refractivity contribution in [3.05, 3.63) is 34.6 Å². The van der Waals surface area contributed by atoms with Gasteiger partial charge in [0.15, 0.2) is 6.04 Å². The lowest BCUT2D eigenvalue weighted by Gasteiger charge is -2.29. The lowest BCUT2D eigenvalue weighted by Crippen LogP contribution is -2.46. The van der Waals surface area contributed by atoms with Crippen molar-refractivity contribution in [2.75, 3.05) is 0 Å². The van der Waals surface area contributed by atoms with Crippen molar-refractivity contribution >= 4 is 23.0 Å². The highest BCUT2D eigenvalue weighted by molar-refractivity contribution is 7.90. The van der Waals surface area contributed by atoms with Crippen LogP contribution in [0.1, 0.15) is 32.4 Å². The summed E-state index contributed by atoms with van der Waals surface area (Å²) >= 11 is 3.48. The maximum absolute atomic E-state index is 13.8. The molecule has 1 unspecified atom stereocenters. The molecule has 8 heteroatoms. The highest BCUT2D eigenvalue weighted by Crippen LogP contribution is 2.37. The molecule has 1 aromatic rings. The van der Waals surface area contributed by atoms with Gasteiger partial charge in [-0.05, 0) is 26.8 Å². The smallest absolute Gasteiger partial charge is 0.412 e. The van der Waals surface area contributed by atoms with Crippen molar-refractivity contribution in [2.45, 2.75) is 37.7 Å². The second kappa shape index (κ2) is 6.09. The van der Waals surface area contributed by atoms with E-state index in [0.29, 0.717) is 0 Å². The first-order valence-electron chi connectivity index (χ1n) is 5.63. The molecule has 0 bridgehead atoms. The van der Waals surface area contributed by atoms with E-state index in [4.69, 9.17) is 11.6 Å². The predicted octanol–water partition coefficient (Wildman–Crippen LogP) is 4.13. The molecule has 0 spiro atoms. The molecule has 0 aromatic heterocycles. The van der Waals surface area contributed by atoms with Gasteiger partial charge in [-0.2, -0.15) is 13.2 Å². The molecule has 114 valence electrons. The van der Waals surface area contributed by atoms with Gasteiger partial charge in [-0.3, -0.25) is 0 Å². The molecule has 2 atom stereocenters. The standard InChI is InChI=1S/C12H14ClF4NOS/c1-11(2,3)20(19)18-10(12(15,16)17)7-5-4-6-8(13)9(7)14/h4-6,10,18H,1-3H3/t10-,20?/m1/s1. The molecule has 0 saturated heterocycles. The number of hydrogen-bond donors (Lipinski definition) is 1. The summed E-state index contributed by atoms with van der Waals surface area (Å²) in [5.74, 6) is -1.17. The Labute approximate surface area is 122 Å². The van der Waals surface area contributed by atoms with Crippen molar-refractivity contribution in [1.82, 2.24) is 4.72 Å². The maximum Gasteiger partial charge on any atom is 0.412 e. The highest BCUT2D eigenvalue weighted by atomic mass is 35.5. The van der Waals surface area contributed by atoms with Gasteiger partial charge < -0.3 is 4.55 Å². The SMILES string of the molecule is CC(C)(C)[S+]([O-])N[C@H](c1cccc(Cl)c1F)C(F)(F)F. The Kier molecular flexibility index (Phi) is 5.34. The molecular formula is C12H14ClF4NOS. The molecule has 2 nitrogen and oxygen atoms in total. The third kappa shape index (κ3) is 4.25. The number of benzene rings is 1. The molecule has 0 saturated carbocycles. The molecule has 1 aromatic carbocycles. The van der Waals surface area contributed by atoms with E-state index < -0.39 is 44.7 Å². The van der Waals surface area contributed by atoms with Gasteiger partial charge in [0.05, 0.1) is 5.02 Å². The third-order valence-electron chi connectivity index (χ3n) is 2.40. The molecule has 0 aliphatic carbocycles. The minimum Gasteiger partial charge on any atom is -0.598 e. The largest absolute Gasteiger partial charge is 0.598 e. The molecule has 1 N–H and O–H groups in total. The Morgan fingerprint density at radius 1 is 1.25 bits per heavy atom. The molecule has 0 radical (unpaired) electrons. The Morgan fingerprint density at radius 2 is 1.80 bits per heavy atom. The summed E-state index contributed by atoms with van der Waals surface area (Å²) in [6.45, 7) is 4.54. The van der Waals surface area contributed by atoms with E-state index in [-0.39, 0.29) is 0 Å². The van der Waals surface area contributed by atoms with Crippen LogP contribution in [0.4, 0.5) is 17.6 Å². The second-order valence-electron chi connectivity index (χ2n) is 5.12. The van der Waals surface area contributed by atoms with E-state index in [0.717, 1.165) is 12.1 Å². The molecule has 20 heavy (non-hydrogen) atoms. The molecule has 1 rings (SSSR count). The van der Waals surface area contributed by atoms with Crippen LogP contribution < -0.4 is 4.72 Å². The fourth-order valence-corrected chi connectivity index (χ4v) is 2.34. The molecule has 0 fully saturated rings. The van der Waals surface area contributed by atoms with Gasteiger partial charge in [0, 0.05) is 16.9 Å². The van der Waals surface area contributed by atoms with Gasteiger partial charge in [0.2, 0.25) is 0 Å². The van der Waals surface area contributed by atoms with Gasteiger partial charge in [-0.1, -0.05) is 23.7 Å². The Bertz CT molecular complexity index is 476. The maximum atomic E-state index is 13.8. The Morgan fingerprint density at radius 3 is 2.25 bits per heavy atom. The van der Waals surface area contributed by atoms with Crippen LogP contribution in [-0.2, 0) is 11.4 Å². The van der Waals surface area contributed by atoms with E-state index in [1.54, 1.807) is 0 Å². The zero-order valence-corrected chi connectivity index (χ0v) is 12.6. The predicted molar refractivity (Wildman–Crippen MR) is 71.2 cm³/mol. The normalized spacial score (nSPS) is 16.1. The molecule has 0 heterocycles. The van der Waals surface area contributed by atoms with Crippen LogP contribution in [0.15, 0.2) is 18.2 Å². The van der Waals surface area contributed by atoms with Crippen LogP contribution in [-0.4, -0.2) is 15.5 Å². The van der Waals surface area contributed by atoms with E-state index in [1.165, 1.54) is 26.8 Å². The van der Waals surface area contributed by atoms with Gasteiger partial charge in [-0.25, -0.2) is 4.39 Å². The number of nitrogens with one attached hydrogen (secondary N) is 1. The fourth-order valence-electron chi connectivity index (χ4n) is 1.33. The van der Waals surface area contributed by atoms with Crippen LogP contribution in [0.5, 0.6) is 0 Å². The highest BCUT2D eigenvalue weighted by Gasteiger charge is 2.47. The zero-order chi connectivity index (χ0) is 15.7. The monoisotopic (exact) mass is 331 g/mol. The summed E-state index contributed by atoms with van der Waals surface area (Å²) < 4.78 is 65.8. The van der Waals surface area contributed by atoms with Crippen molar-refractivity contribution < 1.29 is 22.1 Å². The minimum atomic E-state index is -4.80. The van der Waals surface area contributed by atoms with Gasteiger partial charge in [0.1, 0.15) is 10.6 Å². The average molecular weight is 332 g/mol. The minimum absolute atomic E-state index is 0.417. The lowest BCUT2D eigenvalue weighted by atomic mass is 10.1. The quantitative estimate of drug-likeness (QED) is 0.667. The molecule has 0 amide bonds. The van der Waals surface area contributed by atoms with Crippen molar-refractivity contribution in [3.63, 3.8) is 0 Å². The number of rotatable bonds is 3. The van der Waals surface area contributed by atoms with Gasteiger partial charge in [0.25, 0.3) is 0 Å². The van der Waals surface area contributed by atoms with Crippen molar-refractivity contribution in [3.8, 4) is 0 Å². The average Bonchev–Trinajstić information content (AvgIpc) is 2.27. The van der Waals surface area contributed by atoms with Crippen LogP contribution in [0, 0.1) is 5.82 Å². The first-order valence-corrected chi connectivity index (χ1v) is 7.16.